The molecule has 2 aromatic rings. The van der Waals surface area contributed by atoms with E-state index in [0.717, 1.165) is 29.6 Å². The molecule has 1 aromatic carbocycles. The Balaban J connectivity index is 2.01. The minimum absolute atomic E-state index is 0.187. The Morgan fingerprint density at radius 3 is 2.89 bits per heavy atom. The van der Waals surface area contributed by atoms with Crippen LogP contribution in [0.2, 0.25) is 5.02 Å². The highest BCUT2D eigenvalue weighted by molar-refractivity contribution is 6.34. The van der Waals surface area contributed by atoms with Gasteiger partial charge in [-0.1, -0.05) is 37.6 Å². The van der Waals surface area contributed by atoms with E-state index in [1.807, 2.05) is 18.2 Å². The van der Waals surface area contributed by atoms with Crippen molar-refractivity contribution in [3.63, 3.8) is 0 Å². The summed E-state index contributed by atoms with van der Waals surface area (Å²) in [5.74, 6) is 1.29. The number of para-hydroxylation sites is 1. The molecule has 2 N–H and O–H groups in total. The number of hydrogen-bond donors (Lipinski definition) is 1. The molecule has 0 bridgehead atoms. The van der Waals surface area contributed by atoms with Crippen molar-refractivity contribution in [2.24, 2.45) is 11.1 Å². The van der Waals surface area contributed by atoms with E-state index in [0.29, 0.717) is 16.4 Å². The van der Waals surface area contributed by atoms with E-state index >= 15 is 0 Å². The molecule has 0 amide bonds. The monoisotopic (exact) mass is 277 g/mol. The largest absolute Gasteiger partial charge is 0.459 e. The topological polar surface area (TPSA) is 39.2 Å². The summed E-state index contributed by atoms with van der Waals surface area (Å²) in [7, 11) is 0. The van der Waals surface area contributed by atoms with Crippen LogP contribution in [0.5, 0.6) is 0 Å². The molecule has 2 nitrogen and oxygen atoms in total. The van der Waals surface area contributed by atoms with Gasteiger partial charge in [-0.15, -0.1) is 0 Å². The SMILES string of the molecule is CC1(C)CCC(N)C(c2cc3cccc(Cl)c3o2)C1. The molecular weight excluding hydrogens is 258 g/mol. The van der Waals surface area contributed by atoms with Gasteiger partial charge in [-0.3, -0.25) is 0 Å². The number of nitrogens with two attached hydrogens (primary N) is 1. The zero-order valence-corrected chi connectivity index (χ0v) is 12.2. The van der Waals surface area contributed by atoms with Gasteiger partial charge in [-0.05, 0) is 36.8 Å². The van der Waals surface area contributed by atoms with Crippen molar-refractivity contribution in [1.82, 2.24) is 0 Å². The lowest BCUT2D eigenvalue weighted by Crippen LogP contribution is -2.37. The molecule has 3 heteroatoms. The molecular formula is C16H20ClNO. The predicted octanol–water partition coefficient (Wildman–Crippen LogP) is 4.71. The van der Waals surface area contributed by atoms with Crippen molar-refractivity contribution in [3.05, 3.63) is 35.0 Å². The van der Waals surface area contributed by atoms with Gasteiger partial charge in [0.25, 0.3) is 0 Å². The van der Waals surface area contributed by atoms with Crippen LogP contribution in [0, 0.1) is 5.41 Å². The fourth-order valence-electron chi connectivity index (χ4n) is 3.15. The average molecular weight is 278 g/mol. The van der Waals surface area contributed by atoms with Gasteiger partial charge >= 0.3 is 0 Å². The Morgan fingerprint density at radius 2 is 2.16 bits per heavy atom. The summed E-state index contributed by atoms with van der Waals surface area (Å²) >= 11 is 6.18. The van der Waals surface area contributed by atoms with E-state index in [1.54, 1.807) is 0 Å². The lowest BCUT2D eigenvalue weighted by molar-refractivity contribution is 0.186. The first-order valence-corrected chi connectivity index (χ1v) is 7.28. The van der Waals surface area contributed by atoms with Crippen LogP contribution in [0.1, 0.15) is 44.8 Å². The second-order valence-corrected chi connectivity index (χ2v) is 6.89. The highest BCUT2D eigenvalue weighted by atomic mass is 35.5. The maximum Gasteiger partial charge on any atom is 0.152 e. The van der Waals surface area contributed by atoms with Gasteiger partial charge in [0.1, 0.15) is 5.76 Å². The maximum atomic E-state index is 6.30. The number of rotatable bonds is 1. The van der Waals surface area contributed by atoms with E-state index in [9.17, 15) is 0 Å². The van der Waals surface area contributed by atoms with Gasteiger partial charge in [-0.2, -0.15) is 0 Å². The average Bonchev–Trinajstić information content (AvgIpc) is 2.78. The third-order valence-corrected chi connectivity index (χ3v) is 4.62. The van der Waals surface area contributed by atoms with Gasteiger partial charge in [-0.25, -0.2) is 0 Å². The zero-order chi connectivity index (χ0) is 13.6. The molecule has 1 aliphatic carbocycles. The van der Waals surface area contributed by atoms with E-state index in [1.165, 1.54) is 6.42 Å². The Hall–Kier alpha value is -0.990. The second-order valence-electron chi connectivity index (χ2n) is 6.48. The van der Waals surface area contributed by atoms with E-state index in [4.69, 9.17) is 21.8 Å². The summed E-state index contributed by atoms with van der Waals surface area (Å²) in [5.41, 5.74) is 7.42. The summed E-state index contributed by atoms with van der Waals surface area (Å²) in [4.78, 5) is 0. The molecule has 102 valence electrons. The molecule has 1 aromatic heterocycles. The molecule has 0 aliphatic heterocycles. The lowest BCUT2D eigenvalue weighted by atomic mass is 9.69. The van der Waals surface area contributed by atoms with Crippen LogP contribution < -0.4 is 5.73 Å². The summed E-state index contributed by atoms with van der Waals surface area (Å²) in [6, 6.07) is 8.14. The van der Waals surface area contributed by atoms with Crippen LogP contribution in [0.4, 0.5) is 0 Å². The van der Waals surface area contributed by atoms with Crippen molar-refractivity contribution in [2.75, 3.05) is 0 Å². The standard InChI is InChI=1S/C16H20ClNO/c1-16(2)7-6-13(18)11(9-16)14-8-10-4-3-5-12(17)15(10)19-14/h3-5,8,11,13H,6-7,9,18H2,1-2H3. The Labute approximate surface area is 118 Å². The summed E-state index contributed by atoms with van der Waals surface area (Å²) in [6.45, 7) is 4.61. The molecule has 1 fully saturated rings. The van der Waals surface area contributed by atoms with Crippen molar-refractivity contribution < 1.29 is 4.42 Å². The summed E-state index contributed by atoms with van der Waals surface area (Å²) in [5, 5.41) is 1.74. The smallest absolute Gasteiger partial charge is 0.152 e. The Kier molecular flexibility index (Phi) is 3.11. The normalized spacial score (nSPS) is 26.7. The first-order chi connectivity index (χ1) is 8.96. The molecule has 3 rings (SSSR count). The quantitative estimate of drug-likeness (QED) is 0.820. The molecule has 1 saturated carbocycles. The van der Waals surface area contributed by atoms with Crippen molar-refractivity contribution in [2.45, 2.75) is 45.1 Å². The van der Waals surface area contributed by atoms with Crippen molar-refractivity contribution in [1.29, 1.82) is 0 Å². The number of furan rings is 1. The van der Waals surface area contributed by atoms with Crippen LogP contribution in [0.15, 0.2) is 28.7 Å². The van der Waals surface area contributed by atoms with Gasteiger partial charge in [0.05, 0.1) is 5.02 Å². The molecule has 1 heterocycles. The predicted molar refractivity (Wildman–Crippen MR) is 79.6 cm³/mol. The van der Waals surface area contributed by atoms with Gasteiger partial charge in [0, 0.05) is 17.3 Å². The molecule has 19 heavy (non-hydrogen) atoms. The summed E-state index contributed by atoms with van der Waals surface area (Å²) < 4.78 is 5.99. The first kappa shape index (κ1) is 13.0. The number of fused-ring (bicyclic) bond motifs is 1. The van der Waals surface area contributed by atoms with Gasteiger partial charge in [0.2, 0.25) is 0 Å². The van der Waals surface area contributed by atoms with E-state index in [-0.39, 0.29) is 6.04 Å². The highest BCUT2D eigenvalue weighted by Crippen LogP contribution is 2.44. The van der Waals surface area contributed by atoms with Crippen LogP contribution in [-0.2, 0) is 0 Å². The second kappa shape index (κ2) is 4.53. The summed E-state index contributed by atoms with van der Waals surface area (Å²) in [6.07, 6.45) is 3.32. The van der Waals surface area contributed by atoms with E-state index in [2.05, 4.69) is 19.9 Å². The molecule has 0 saturated heterocycles. The maximum absolute atomic E-state index is 6.30. The molecule has 2 atom stereocenters. The minimum atomic E-state index is 0.187. The van der Waals surface area contributed by atoms with Crippen molar-refractivity contribution in [3.8, 4) is 0 Å². The van der Waals surface area contributed by atoms with Crippen LogP contribution >= 0.6 is 11.6 Å². The Bertz CT molecular complexity index is 602. The minimum Gasteiger partial charge on any atom is -0.459 e. The third kappa shape index (κ3) is 2.39. The number of benzene rings is 1. The molecule has 1 aliphatic rings. The lowest BCUT2D eigenvalue weighted by Gasteiger charge is -2.38. The molecule has 2 unspecified atom stereocenters. The third-order valence-electron chi connectivity index (χ3n) is 4.32. The molecule has 0 spiro atoms. The number of halogens is 1. The van der Waals surface area contributed by atoms with Gasteiger partial charge in [0.15, 0.2) is 5.58 Å². The van der Waals surface area contributed by atoms with Crippen LogP contribution in [-0.4, -0.2) is 6.04 Å². The fourth-order valence-corrected chi connectivity index (χ4v) is 3.37. The van der Waals surface area contributed by atoms with Crippen molar-refractivity contribution >= 4 is 22.6 Å². The van der Waals surface area contributed by atoms with Crippen LogP contribution in [0.25, 0.3) is 11.0 Å². The Morgan fingerprint density at radius 1 is 1.37 bits per heavy atom. The molecule has 0 radical (unpaired) electrons. The zero-order valence-electron chi connectivity index (χ0n) is 11.4. The van der Waals surface area contributed by atoms with Crippen LogP contribution in [0.3, 0.4) is 0 Å². The fraction of sp³-hybridized carbons (Fsp3) is 0.500. The van der Waals surface area contributed by atoms with Gasteiger partial charge < -0.3 is 10.2 Å². The highest BCUT2D eigenvalue weighted by Gasteiger charge is 2.35. The first-order valence-electron chi connectivity index (χ1n) is 6.90. The van der Waals surface area contributed by atoms with E-state index < -0.39 is 0 Å². The number of hydrogen-bond acceptors (Lipinski definition) is 2.